The molecule has 29 heavy (non-hydrogen) atoms. The largest absolute Gasteiger partial charge is 0.451 e. The van der Waals surface area contributed by atoms with E-state index >= 15 is 0 Å². The van der Waals surface area contributed by atoms with Crippen molar-refractivity contribution in [3.63, 3.8) is 0 Å². The van der Waals surface area contributed by atoms with E-state index < -0.39 is 5.91 Å². The van der Waals surface area contributed by atoms with E-state index in [2.05, 4.69) is 5.32 Å². The van der Waals surface area contributed by atoms with Crippen LogP contribution in [-0.2, 0) is 13.0 Å². The van der Waals surface area contributed by atoms with Crippen molar-refractivity contribution >= 4 is 22.8 Å². The van der Waals surface area contributed by atoms with E-state index in [1.807, 2.05) is 55.4 Å². The van der Waals surface area contributed by atoms with Crippen LogP contribution in [0, 0.1) is 0 Å². The van der Waals surface area contributed by atoms with Gasteiger partial charge in [0.2, 0.25) is 0 Å². The van der Waals surface area contributed by atoms with Gasteiger partial charge < -0.3 is 14.6 Å². The summed E-state index contributed by atoms with van der Waals surface area (Å²) in [5.41, 5.74) is 4.65. The maximum Gasteiger partial charge on any atom is 0.287 e. The molecule has 7 nitrogen and oxygen atoms in total. The van der Waals surface area contributed by atoms with Crippen LogP contribution in [0.4, 0.5) is 0 Å². The van der Waals surface area contributed by atoms with E-state index in [0.717, 1.165) is 29.4 Å². The van der Waals surface area contributed by atoms with Crippen LogP contribution in [0.3, 0.4) is 0 Å². The summed E-state index contributed by atoms with van der Waals surface area (Å²) in [6.07, 6.45) is 1.51. The SMILES string of the molecule is CN(C)Cc1c(C(=O)NCCCc2ccc(C(=O)NO)cc2)oc2ccccc12. The summed E-state index contributed by atoms with van der Waals surface area (Å²) in [5, 5.41) is 12.5. The molecule has 3 aromatic rings. The molecule has 0 saturated heterocycles. The number of para-hydroxylation sites is 1. The van der Waals surface area contributed by atoms with Gasteiger partial charge >= 0.3 is 0 Å². The van der Waals surface area contributed by atoms with Crippen LogP contribution >= 0.6 is 0 Å². The molecule has 2 aromatic carbocycles. The first-order chi connectivity index (χ1) is 14.0. The first-order valence-corrected chi connectivity index (χ1v) is 9.46. The Balaban J connectivity index is 1.59. The van der Waals surface area contributed by atoms with Crippen molar-refractivity contribution in [2.45, 2.75) is 19.4 Å². The Morgan fingerprint density at radius 2 is 1.76 bits per heavy atom. The van der Waals surface area contributed by atoms with Crippen LogP contribution in [0.1, 0.15) is 38.5 Å². The highest BCUT2D eigenvalue weighted by Crippen LogP contribution is 2.26. The zero-order valence-electron chi connectivity index (χ0n) is 16.6. The number of fused-ring (bicyclic) bond motifs is 1. The van der Waals surface area contributed by atoms with E-state index in [1.165, 1.54) is 0 Å². The first kappa shape index (κ1) is 20.6. The van der Waals surface area contributed by atoms with Gasteiger partial charge in [-0.1, -0.05) is 30.3 Å². The van der Waals surface area contributed by atoms with Crippen molar-refractivity contribution in [2.24, 2.45) is 0 Å². The van der Waals surface area contributed by atoms with Crippen molar-refractivity contribution in [1.29, 1.82) is 0 Å². The zero-order chi connectivity index (χ0) is 20.8. The Morgan fingerprint density at radius 3 is 2.45 bits per heavy atom. The highest BCUT2D eigenvalue weighted by molar-refractivity contribution is 5.99. The van der Waals surface area contributed by atoms with Crippen molar-refractivity contribution in [3.05, 3.63) is 71.0 Å². The second-order valence-electron chi connectivity index (χ2n) is 7.14. The molecule has 152 valence electrons. The van der Waals surface area contributed by atoms with E-state index in [9.17, 15) is 9.59 Å². The fourth-order valence-corrected chi connectivity index (χ4v) is 3.22. The van der Waals surface area contributed by atoms with Crippen LogP contribution < -0.4 is 10.8 Å². The molecule has 1 aromatic heterocycles. The highest BCUT2D eigenvalue weighted by Gasteiger charge is 2.20. The van der Waals surface area contributed by atoms with E-state index in [0.29, 0.717) is 30.0 Å². The predicted octanol–water partition coefficient (Wildman–Crippen LogP) is 2.98. The topological polar surface area (TPSA) is 94.8 Å². The minimum Gasteiger partial charge on any atom is -0.451 e. The smallest absolute Gasteiger partial charge is 0.287 e. The third kappa shape index (κ3) is 5.01. The number of amides is 2. The maximum atomic E-state index is 12.7. The molecule has 0 atom stereocenters. The molecule has 0 spiro atoms. The number of carbonyl (C=O) groups excluding carboxylic acids is 2. The van der Waals surface area contributed by atoms with Gasteiger partial charge in [0.15, 0.2) is 5.76 Å². The molecule has 0 bridgehead atoms. The van der Waals surface area contributed by atoms with Gasteiger partial charge in [0.25, 0.3) is 11.8 Å². The molecule has 0 fully saturated rings. The van der Waals surface area contributed by atoms with Crippen molar-refractivity contribution in [2.75, 3.05) is 20.6 Å². The summed E-state index contributed by atoms with van der Waals surface area (Å²) in [5.74, 6) is -0.393. The lowest BCUT2D eigenvalue weighted by Gasteiger charge is -2.10. The molecule has 0 radical (unpaired) electrons. The lowest BCUT2D eigenvalue weighted by atomic mass is 10.1. The van der Waals surface area contributed by atoms with E-state index in [-0.39, 0.29) is 5.91 Å². The zero-order valence-corrected chi connectivity index (χ0v) is 16.6. The molecule has 0 aliphatic carbocycles. The van der Waals surface area contributed by atoms with Crippen LogP contribution in [0.25, 0.3) is 11.0 Å². The Morgan fingerprint density at radius 1 is 1.03 bits per heavy atom. The number of nitrogens with zero attached hydrogens (tertiary/aromatic N) is 1. The molecule has 7 heteroatoms. The van der Waals surface area contributed by atoms with Gasteiger partial charge in [-0.05, 0) is 50.7 Å². The number of furan rings is 1. The van der Waals surface area contributed by atoms with Crippen LogP contribution in [0.15, 0.2) is 52.9 Å². The molecule has 1 heterocycles. The van der Waals surface area contributed by atoms with Crippen LogP contribution in [0.5, 0.6) is 0 Å². The summed E-state index contributed by atoms with van der Waals surface area (Å²) in [4.78, 5) is 26.0. The Hall–Kier alpha value is -3.16. The van der Waals surface area contributed by atoms with Gasteiger partial charge in [0.1, 0.15) is 5.58 Å². The van der Waals surface area contributed by atoms with Crippen molar-refractivity contribution in [1.82, 2.24) is 15.7 Å². The van der Waals surface area contributed by atoms with Gasteiger partial charge in [-0.2, -0.15) is 0 Å². The summed E-state index contributed by atoms with van der Waals surface area (Å²) in [6.45, 7) is 1.13. The second-order valence-corrected chi connectivity index (χ2v) is 7.14. The molecule has 3 rings (SSSR count). The maximum absolute atomic E-state index is 12.7. The average molecular weight is 395 g/mol. The summed E-state index contributed by atoms with van der Waals surface area (Å²) < 4.78 is 5.83. The number of carbonyl (C=O) groups is 2. The Labute approximate surface area is 169 Å². The number of hydroxylamine groups is 1. The molecular formula is C22H25N3O4. The molecule has 0 aliphatic heterocycles. The normalized spacial score (nSPS) is 11.0. The van der Waals surface area contributed by atoms with Gasteiger partial charge in [0, 0.05) is 29.6 Å². The lowest BCUT2D eigenvalue weighted by molar-refractivity contribution is 0.0706. The Bertz CT molecular complexity index is 993. The molecule has 3 N–H and O–H groups in total. The lowest BCUT2D eigenvalue weighted by Crippen LogP contribution is -2.26. The van der Waals surface area contributed by atoms with Gasteiger partial charge in [-0.15, -0.1) is 0 Å². The molecule has 0 saturated carbocycles. The molecular weight excluding hydrogens is 370 g/mol. The van der Waals surface area contributed by atoms with Gasteiger partial charge in [0.05, 0.1) is 0 Å². The minimum absolute atomic E-state index is 0.215. The summed E-state index contributed by atoms with van der Waals surface area (Å²) in [7, 11) is 3.91. The fourth-order valence-electron chi connectivity index (χ4n) is 3.22. The molecule has 2 amide bonds. The Kier molecular flexibility index (Phi) is 6.64. The van der Waals surface area contributed by atoms with Crippen LogP contribution in [0.2, 0.25) is 0 Å². The van der Waals surface area contributed by atoms with E-state index in [1.54, 1.807) is 17.6 Å². The fraction of sp³-hybridized carbons (Fsp3) is 0.273. The first-order valence-electron chi connectivity index (χ1n) is 9.46. The molecule has 0 unspecified atom stereocenters. The van der Waals surface area contributed by atoms with Gasteiger partial charge in [-0.3, -0.25) is 14.8 Å². The van der Waals surface area contributed by atoms with E-state index in [4.69, 9.17) is 9.62 Å². The summed E-state index contributed by atoms with van der Waals surface area (Å²) >= 11 is 0. The second kappa shape index (κ2) is 9.36. The molecule has 0 aliphatic rings. The highest BCUT2D eigenvalue weighted by atomic mass is 16.5. The number of nitrogens with one attached hydrogen (secondary N) is 2. The third-order valence-corrected chi connectivity index (χ3v) is 4.62. The third-order valence-electron chi connectivity index (χ3n) is 4.62. The number of aryl methyl sites for hydroxylation is 1. The number of rotatable bonds is 8. The number of benzene rings is 2. The van der Waals surface area contributed by atoms with Crippen molar-refractivity contribution < 1.29 is 19.2 Å². The standard InChI is InChI=1S/C22H25N3O4/c1-25(2)14-18-17-7-3-4-8-19(17)29-20(18)22(27)23-13-5-6-15-9-11-16(12-10-15)21(26)24-28/h3-4,7-12,28H,5-6,13-14H2,1-2H3,(H,23,27)(H,24,26). The average Bonchev–Trinajstić information content (AvgIpc) is 3.09. The quantitative estimate of drug-likeness (QED) is 0.310. The minimum atomic E-state index is -0.539. The number of hydrogen-bond acceptors (Lipinski definition) is 5. The van der Waals surface area contributed by atoms with Crippen molar-refractivity contribution in [3.8, 4) is 0 Å². The van der Waals surface area contributed by atoms with Crippen LogP contribution in [-0.4, -0.2) is 42.6 Å². The van der Waals surface area contributed by atoms with Gasteiger partial charge in [-0.25, -0.2) is 5.48 Å². The predicted molar refractivity (Wildman–Crippen MR) is 110 cm³/mol. The summed E-state index contributed by atoms with van der Waals surface area (Å²) in [6, 6.07) is 14.6. The number of hydrogen-bond donors (Lipinski definition) is 3. The monoisotopic (exact) mass is 395 g/mol.